The van der Waals surface area contributed by atoms with E-state index >= 15 is 0 Å². The first-order valence-electron chi connectivity index (χ1n) is 7.79. The molecule has 0 N–H and O–H groups in total. The Kier molecular flexibility index (Phi) is 5.38. The quantitative estimate of drug-likeness (QED) is 0.550. The van der Waals surface area contributed by atoms with Gasteiger partial charge in [0.25, 0.3) is 0 Å². The summed E-state index contributed by atoms with van der Waals surface area (Å²) in [6, 6.07) is 12.1. The lowest BCUT2D eigenvalue weighted by Crippen LogP contribution is -1.85. The van der Waals surface area contributed by atoms with Crippen molar-refractivity contribution < 1.29 is 4.39 Å². The van der Waals surface area contributed by atoms with E-state index in [1.807, 2.05) is 18.2 Å². The standard InChI is InChI=1S/C18H17FN4S/c1-2-5-16-17(13-7-9-14(19)10-8-13)22-18(24-16)23-21-12-15-6-3-4-11-20-15/h3-4,6-11H,2,5,12H2,1H3. The zero-order chi connectivity index (χ0) is 16.8. The summed E-state index contributed by atoms with van der Waals surface area (Å²) >= 11 is 1.53. The molecule has 3 aromatic rings. The van der Waals surface area contributed by atoms with E-state index < -0.39 is 0 Å². The first-order chi connectivity index (χ1) is 11.8. The zero-order valence-corrected chi connectivity index (χ0v) is 14.1. The van der Waals surface area contributed by atoms with E-state index in [-0.39, 0.29) is 5.82 Å². The fourth-order valence-electron chi connectivity index (χ4n) is 2.27. The van der Waals surface area contributed by atoms with Crippen molar-refractivity contribution in [3.63, 3.8) is 0 Å². The first kappa shape index (κ1) is 16.4. The van der Waals surface area contributed by atoms with E-state index in [4.69, 9.17) is 0 Å². The molecule has 0 saturated heterocycles. The van der Waals surface area contributed by atoms with Crippen LogP contribution in [0.3, 0.4) is 0 Å². The van der Waals surface area contributed by atoms with Crippen LogP contribution in [0.1, 0.15) is 23.9 Å². The molecule has 24 heavy (non-hydrogen) atoms. The van der Waals surface area contributed by atoms with Crippen molar-refractivity contribution in [3.05, 3.63) is 65.0 Å². The zero-order valence-electron chi connectivity index (χ0n) is 13.3. The normalized spacial score (nSPS) is 11.2. The second-order valence-corrected chi connectivity index (χ2v) is 6.31. The highest BCUT2D eigenvalue weighted by Gasteiger charge is 2.12. The van der Waals surface area contributed by atoms with Gasteiger partial charge in [-0.3, -0.25) is 4.98 Å². The van der Waals surface area contributed by atoms with Crippen molar-refractivity contribution in [1.29, 1.82) is 0 Å². The van der Waals surface area contributed by atoms with E-state index in [1.54, 1.807) is 18.3 Å². The van der Waals surface area contributed by atoms with Crippen molar-refractivity contribution in [2.45, 2.75) is 26.3 Å². The number of thiazole rings is 1. The molecule has 0 aliphatic heterocycles. The number of azo groups is 1. The number of nitrogens with zero attached hydrogens (tertiary/aromatic N) is 4. The van der Waals surface area contributed by atoms with Gasteiger partial charge in [0.1, 0.15) is 12.4 Å². The Morgan fingerprint density at radius 1 is 1.12 bits per heavy atom. The number of pyridine rings is 1. The molecule has 6 heteroatoms. The second-order valence-electron chi connectivity index (χ2n) is 5.25. The SMILES string of the molecule is CCCc1sc(N=NCc2ccccn2)nc1-c1ccc(F)cc1. The number of benzene rings is 1. The molecule has 0 bridgehead atoms. The topological polar surface area (TPSA) is 50.5 Å². The summed E-state index contributed by atoms with van der Waals surface area (Å²) in [7, 11) is 0. The van der Waals surface area contributed by atoms with E-state index in [1.165, 1.54) is 23.5 Å². The Hall–Kier alpha value is -2.47. The third-order valence-electron chi connectivity index (χ3n) is 3.40. The number of hydrogen-bond donors (Lipinski definition) is 0. The fraction of sp³-hybridized carbons (Fsp3) is 0.222. The van der Waals surface area contributed by atoms with Gasteiger partial charge in [-0.05, 0) is 42.8 Å². The number of aromatic nitrogens is 2. The molecule has 122 valence electrons. The maximum Gasteiger partial charge on any atom is 0.230 e. The molecule has 0 spiro atoms. The number of halogens is 1. The molecule has 0 aliphatic carbocycles. The van der Waals surface area contributed by atoms with Crippen LogP contribution in [0.5, 0.6) is 0 Å². The molecule has 0 aliphatic rings. The van der Waals surface area contributed by atoms with Crippen LogP contribution in [0.4, 0.5) is 9.52 Å². The summed E-state index contributed by atoms with van der Waals surface area (Å²) in [4.78, 5) is 9.94. The molecular formula is C18H17FN4S. The third-order valence-corrected chi connectivity index (χ3v) is 4.40. The van der Waals surface area contributed by atoms with E-state index in [9.17, 15) is 4.39 Å². The monoisotopic (exact) mass is 340 g/mol. The summed E-state index contributed by atoms with van der Waals surface area (Å²) in [6.07, 6.45) is 3.67. The number of aryl methyl sites for hydroxylation is 1. The van der Waals surface area contributed by atoms with Crippen LogP contribution < -0.4 is 0 Å². The van der Waals surface area contributed by atoms with Gasteiger partial charge in [0.2, 0.25) is 5.13 Å². The second kappa shape index (κ2) is 7.88. The Balaban J connectivity index is 1.81. The Morgan fingerprint density at radius 3 is 2.67 bits per heavy atom. The Bertz CT molecular complexity index is 813. The van der Waals surface area contributed by atoms with Gasteiger partial charge >= 0.3 is 0 Å². The smallest absolute Gasteiger partial charge is 0.230 e. The summed E-state index contributed by atoms with van der Waals surface area (Å²) < 4.78 is 13.1. The minimum atomic E-state index is -0.249. The Morgan fingerprint density at radius 2 is 1.96 bits per heavy atom. The van der Waals surface area contributed by atoms with Crippen molar-refractivity contribution in [1.82, 2.24) is 9.97 Å². The van der Waals surface area contributed by atoms with Crippen molar-refractivity contribution >= 4 is 16.5 Å². The van der Waals surface area contributed by atoms with E-state index in [2.05, 4.69) is 27.1 Å². The summed E-state index contributed by atoms with van der Waals surface area (Å²) in [5.41, 5.74) is 2.64. The van der Waals surface area contributed by atoms with Crippen LogP contribution in [0.15, 0.2) is 58.9 Å². The number of hydrogen-bond acceptors (Lipinski definition) is 5. The molecule has 0 atom stereocenters. The maximum atomic E-state index is 13.1. The molecule has 0 amide bonds. The summed E-state index contributed by atoms with van der Waals surface area (Å²) in [5.74, 6) is -0.249. The van der Waals surface area contributed by atoms with Gasteiger partial charge in [0, 0.05) is 16.6 Å². The molecule has 0 fully saturated rings. The van der Waals surface area contributed by atoms with Crippen LogP contribution in [-0.4, -0.2) is 9.97 Å². The number of rotatable bonds is 6. The van der Waals surface area contributed by atoms with Crippen molar-refractivity contribution in [3.8, 4) is 11.3 Å². The molecule has 4 nitrogen and oxygen atoms in total. The van der Waals surface area contributed by atoms with Crippen LogP contribution >= 0.6 is 11.3 Å². The fourth-order valence-corrected chi connectivity index (χ4v) is 3.29. The average Bonchev–Trinajstić information content (AvgIpc) is 3.00. The highest BCUT2D eigenvalue weighted by Crippen LogP contribution is 2.33. The average molecular weight is 340 g/mol. The van der Waals surface area contributed by atoms with Gasteiger partial charge in [-0.1, -0.05) is 30.7 Å². The van der Waals surface area contributed by atoms with Gasteiger partial charge < -0.3 is 0 Å². The van der Waals surface area contributed by atoms with E-state index in [0.29, 0.717) is 11.7 Å². The molecule has 0 unspecified atom stereocenters. The molecule has 0 saturated carbocycles. The lowest BCUT2D eigenvalue weighted by molar-refractivity contribution is 0.628. The van der Waals surface area contributed by atoms with Gasteiger partial charge in [-0.15, -0.1) is 5.11 Å². The molecular weight excluding hydrogens is 323 g/mol. The predicted molar refractivity (Wildman–Crippen MR) is 94.0 cm³/mol. The van der Waals surface area contributed by atoms with E-state index in [0.717, 1.165) is 34.7 Å². The first-order valence-corrected chi connectivity index (χ1v) is 8.61. The molecule has 2 heterocycles. The van der Waals surface area contributed by atoms with Crippen LogP contribution in [0, 0.1) is 5.82 Å². The third kappa shape index (κ3) is 4.08. The summed E-state index contributed by atoms with van der Waals surface area (Å²) in [6.45, 7) is 2.55. The Labute approximate surface area is 144 Å². The van der Waals surface area contributed by atoms with Gasteiger partial charge in [0.05, 0.1) is 11.4 Å². The van der Waals surface area contributed by atoms with Crippen molar-refractivity contribution in [2.24, 2.45) is 10.2 Å². The lowest BCUT2D eigenvalue weighted by Gasteiger charge is -2.00. The maximum absolute atomic E-state index is 13.1. The highest BCUT2D eigenvalue weighted by molar-refractivity contribution is 7.15. The molecule has 0 radical (unpaired) electrons. The van der Waals surface area contributed by atoms with Gasteiger partial charge in [-0.2, -0.15) is 5.11 Å². The summed E-state index contributed by atoms with van der Waals surface area (Å²) in [5, 5.41) is 9.03. The molecule has 3 rings (SSSR count). The lowest BCUT2D eigenvalue weighted by atomic mass is 10.1. The minimum Gasteiger partial charge on any atom is -0.259 e. The van der Waals surface area contributed by atoms with Crippen molar-refractivity contribution in [2.75, 3.05) is 0 Å². The van der Waals surface area contributed by atoms with Gasteiger partial charge in [0.15, 0.2) is 0 Å². The minimum absolute atomic E-state index is 0.249. The molecule has 1 aromatic carbocycles. The predicted octanol–water partition coefficient (Wildman–Crippen LogP) is 5.58. The largest absolute Gasteiger partial charge is 0.259 e. The van der Waals surface area contributed by atoms with Crippen LogP contribution in [0.2, 0.25) is 0 Å². The van der Waals surface area contributed by atoms with Gasteiger partial charge in [-0.25, -0.2) is 9.37 Å². The molecule has 2 aromatic heterocycles. The highest BCUT2D eigenvalue weighted by atomic mass is 32.1. The van der Waals surface area contributed by atoms with Crippen LogP contribution in [-0.2, 0) is 13.0 Å². The van der Waals surface area contributed by atoms with Crippen LogP contribution in [0.25, 0.3) is 11.3 Å².